The quantitative estimate of drug-likeness (QED) is 0.220. The first kappa shape index (κ1) is 36.4. The Kier molecular flexibility index (Phi) is 8.52. The van der Waals surface area contributed by atoms with Crippen LogP contribution in [0, 0.1) is 23.7 Å². The van der Waals surface area contributed by atoms with Gasteiger partial charge in [-0.2, -0.15) is 0 Å². The fourth-order valence-corrected chi connectivity index (χ4v) is 11.1. The number of carbonyl (C=O) groups is 1. The second-order valence-electron chi connectivity index (χ2n) is 16.5. The first-order valence-corrected chi connectivity index (χ1v) is 19.0. The zero-order valence-corrected chi connectivity index (χ0v) is 30.8. The standard InChI is InChI=1S/C38H48Cl2O11/c1-19-12-8-5-6-9-13-20(2)31(42)47-27-23(30(39)40)16-24-35(27,45)32(43)34(18-41)28(48-34)25-29-37(46,33(4,44)17-19)26-21(3)36(24,25)51-38(49-26,50-29)22-14-10-7-11-15-22/h7,10-11,14-16,19-21,25-29,32,41,43-46H,5-6,8-9,12-13,17-18H2,1-4H3. The molecule has 5 aliphatic heterocycles. The number of rotatable bonds is 2. The lowest BCUT2D eigenvalue weighted by atomic mass is 9.50. The van der Waals surface area contributed by atoms with Crippen molar-refractivity contribution in [3.8, 4) is 0 Å². The minimum atomic E-state index is -2.48. The molecule has 280 valence electrons. The lowest BCUT2D eigenvalue weighted by Gasteiger charge is -2.73. The molecule has 15 atom stereocenters. The fraction of sp³-hybridized carbons (Fsp3) is 0.711. The van der Waals surface area contributed by atoms with Crippen molar-refractivity contribution in [1.29, 1.82) is 0 Å². The zero-order chi connectivity index (χ0) is 36.5. The number of ether oxygens (including phenoxy) is 5. The van der Waals surface area contributed by atoms with E-state index in [9.17, 15) is 30.3 Å². The third kappa shape index (κ3) is 4.67. The predicted molar refractivity (Wildman–Crippen MR) is 183 cm³/mol. The van der Waals surface area contributed by atoms with Crippen molar-refractivity contribution in [2.45, 2.75) is 137 Å². The third-order valence-corrected chi connectivity index (χ3v) is 13.9. The number of hydrogen-bond acceptors (Lipinski definition) is 11. The van der Waals surface area contributed by atoms with Gasteiger partial charge in [0.2, 0.25) is 0 Å². The molecule has 2 saturated carbocycles. The van der Waals surface area contributed by atoms with Crippen LogP contribution in [-0.2, 0) is 34.5 Å². The van der Waals surface area contributed by atoms with Gasteiger partial charge in [0, 0.05) is 22.6 Å². The summed E-state index contributed by atoms with van der Waals surface area (Å²) in [6, 6.07) is 8.90. The topological polar surface area (TPSA) is 168 Å². The maximum Gasteiger partial charge on any atom is 0.313 e. The summed E-state index contributed by atoms with van der Waals surface area (Å²) >= 11 is 13.0. The van der Waals surface area contributed by atoms with Gasteiger partial charge < -0.3 is 49.2 Å². The number of aliphatic hydroxyl groups is 5. The maximum atomic E-state index is 13.8. The van der Waals surface area contributed by atoms with Gasteiger partial charge in [0.25, 0.3) is 0 Å². The van der Waals surface area contributed by atoms with Crippen LogP contribution in [0.3, 0.4) is 0 Å². The molecule has 8 bridgehead atoms. The molecule has 0 amide bonds. The Bertz CT molecular complexity index is 1650. The molecule has 1 aromatic rings. The van der Waals surface area contributed by atoms with Gasteiger partial charge in [0.05, 0.1) is 24.0 Å². The smallest absolute Gasteiger partial charge is 0.313 e. The van der Waals surface area contributed by atoms with E-state index in [1.165, 1.54) is 6.08 Å². The normalized spacial score (nSPS) is 52.0. The number of esters is 1. The summed E-state index contributed by atoms with van der Waals surface area (Å²) in [4.78, 5) is 13.8. The molecule has 1 aromatic carbocycles. The monoisotopic (exact) mass is 750 g/mol. The molecule has 0 radical (unpaired) electrons. The highest BCUT2D eigenvalue weighted by molar-refractivity contribution is 6.56. The molecule has 15 unspecified atom stereocenters. The summed E-state index contributed by atoms with van der Waals surface area (Å²) in [5.74, 6) is -5.00. The Morgan fingerprint density at radius 1 is 0.922 bits per heavy atom. The number of carbonyl (C=O) groups excluding carboxylic acids is 1. The van der Waals surface area contributed by atoms with E-state index < -0.39 is 94.8 Å². The third-order valence-electron chi connectivity index (χ3n) is 13.4. The molecule has 51 heavy (non-hydrogen) atoms. The molecular formula is C38H48Cl2O11. The average Bonchev–Trinajstić information content (AvgIpc) is 3.76. The van der Waals surface area contributed by atoms with Crippen LogP contribution in [0.5, 0.6) is 0 Å². The summed E-state index contributed by atoms with van der Waals surface area (Å²) < 4.78 is 32.7. The summed E-state index contributed by atoms with van der Waals surface area (Å²) in [5.41, 5.74) is -9.23. The van der Waals surface area contributed by atoms with Gasteiger partial charge in [0.15, 0.2) is 11.7 Å². The Balaban J connectivity index is 1.40. The highest BCUT2D eigenvalue weighted by atomic mass is 35.5. The molecule has 1 spiro atoms. The highest BCUT2D eigenvalue weighted by Gasteiger charge is 2.90. The van der Waals surface area contributed by atoms with Crippen LogP contribution in [0.1, 0.15) is 78.2 Å². The molecule has 5 heterocycles. The molecule has 13 heteroatoms. The van der Waals surface area contributed by atoms with Crippen LogP contribution in [0.4, 0.5) is 0 Å². The van der Waals surface area contributed by atoms with Crippen LogP contribution in [0.15, 0.2) is 52.0 Å². The maximum absolute atomic E-state index is 13.8. The van der Waals surface area contributed by atoms with Crippen molar-refractivity contribution in [3.63, 3.8) is 0 Å². The van der Waals surface area contributed by atoms with E-state index in [4.69, 9.17) is 46.9 Å². The molecule has 5 N–H and O–H groups in total. The number of halogens is 2. The largest absolute Gasteiger partial charge is 0.454 e. The van der Waals surface area contributed by atoms with E-state index in [0.717, 1.165) is 32.1 Å². The van der Waals surface area contributed by atoms with Gasteiger partial charge in [-0.25, -0.2) is 0 Å². The molecule has 5 saturated heterocycles. The first-order chi connectivity index (χ1) is 24.0. The van der Waals surface area contributed by atoms with E-state index in [1.54, 1.807) is 45.0 Å². The van der Waals surface area contributed by atoms with Crippen molar-refractivity contribution >= 4 is 29.2 Å². The second kappa shape index (κ2) is 11.9. The van der Waals surface area contributed by atoms with E-state index in [0.29, 0.717) is 12.0 Å². The molecule has 8 aliphatic rings. The van der Waals surface area contributed by atoms with E-state index in [2.05, 4.69) is 0 Å². The van der Waals surface area contributed by atoms with Crippen molar-refractivity contribution < 1.29 is 54.0 Å². The Labute approximate surface area is 307 Å². The average molecular weight is 752 g/mol. The number of epoxide rings is 1. The van der Waals surface area contributed by atoms with Crippen LogP contribution >= 0.6 is 23.2 Å². The van der Waals surface area contributed by atoms with E-state index in [-0.39, 0.29) is 28.0 Å². The molecule has 3 aliphatic carbocycles. The number of aliphatic hydroxyl groups excluding tert-OH is 2. The Morgan fingerprint density at radius 3 is 2.25 bits per heavy atom. The van der Waals surface area contributed by atoms with E-state index in [1.807, 2.05) is 13.0 Å². The van der Waals surface area contributed by atoms with Crippen LogP contribution in [-0.4, -0.2) is 96.6 Å². The molecule has 0 aromatic heterocycles. The molecular weight excluding hydrogens is 703 g/mol. The highest BCUT2D eigenvalue weighted by Crippen LogP contribution is 2.74. The number of benzene rings is 1. The minimum absolute atomic E-state index is 0.00686. The van der Waals surface area contributed by atoms with Gasteiger partial charge in [-0.05, 0) is 31.8 Å². The first-order valence-electron chi connectivity index (χ1n) is 18.3. The Morgan fingerprint density at radius 2 is 1.59 bits per heavy atom. The van der Waals surface area contributed by atoms with Crippen molar-refractivity contribution in [2.24, 2.45) is 23.7 Å². The van der Waals surface area contributed by atoms with Crippen LogP contribution in [0.25, 0.3) is 0 Å². The van der Waals surface area contributed by atoms with Gasteiger partial charge >= 0.3 is 11.9 Å². The summed E-state index contributed by atoms with van der Waals surface area (Å²) in [6.45, 7) is 6.45. The minimum Gasteiger partial charge on any atom is -0.454 e. The summed E-state index contributed by atoms with van der Waals surface area (Å²) in [7, 11) is 0. The Hall–Kier alpha value is -1.61. The fourth-order valence-electron chi connectivity index (χ4n) is 10.8. The van der Waals surface area contributed by atoms with Gasteiger partial charge in [-0.3, -0.25) is 4.79 Å². The van der Waals surface area contributed by atoms with E-state index >= 15 is 0 Å². The molecule has 11 nitrogen and oxygen atoms in total. The van der Waals surface area contributed by atoms with Gasteiger partial charge in [0.1, 0.15) is 45.7 Å². The predicted octanol–water partition coefficient (Wildman–Crippen LogP) is 3.89. The van der Waals surface area contributed by atoms with Crippen molar-refractivity contribution in [1.82, 2.24) is 0 Å². The molecule has 9 rings (SSSR count). The zero-order valence-electron chi connectivity index (χ0n) is 29.3. The lowest BCUT2D eigenvalue weighted by molar-refractivity contribution is -0.583. The second-order valence-corrected chi connectivity index (χ2v) is 17.4. The SMILES string of the molecule is CC1CCCCCCC(C)C(=O)OC2C(=C(Cl)Cl)C=C3C2(O)C(O)C2(CO)OC2C2C4OC5(c6ccccc6)OC(C(C)C32O5)C4(O)C(C)(O)C1. The van der Waals surface area contributed by atoms with Crippen molar-refractivity contribution in [2.75, 3.05) is 6.61 Å². The number of hydrogen-bond donors (Lipinski definition) is 5. The lowest BCUT2D eigenvalue weighted by Crippen LogP contribution is -2.88. The van der Waals surface area contributed by atoms with Gasteiger partial charge in [-0.15, -0.1) is 0 Å². The number of fused-ring (bicyclic) bond motifs is 1. The molecule has 7 fully saturated rings. The van der Waals surface area contributed by atoms with Crippen molar-refractivity contribution in [3.05, 3.63) is 57.6 Å². The summed E-state index contributed by atoms with van der Waals surface area (Å²) in [5, 5.41) is 62.4. The van der Waals surface area contributed by atoms with Crippen LogP contribution in [0.2, 0.25) is 0 Å². The van der Waals surface area contributed by atoms with Crippen LogP contribution < -0.4 is 0 Å². The van der Waals surface area contributed by atoms with Gasteiger partial charge in [-0.1, -0.05) is 106 Å². The summed E-state index contributed by atoms with van der Waals surface area (Å²) in [6.07, 6.45) is -0.457.